The maximum Gasteiger partial charge on any atom is 0.255 e. The highest BCUT2D eigenvalue weighted by molar-refractivity contribution is 9.11. The van der Waals surface area contributed by atoms with Gasteiger partial charge in [-0.15, -0.1) is 11.6 Å². The Morgan fingerprint density at radius 2 is 2.26 bits per heavy atom. The highest BCUT2D eigenvalue weighted by atomic mass is 79.9. The summed E-state index contributed by atoms with van der Waals surface area (Å²) in [5.41, 5.74) is 0.658. The first-order valence-electron chi connectivity index (χ1n) is 5.96. The second-order valence-electron chi connectivity index (χ2n) is 4.54. The third-order valence-electron chi connectivity index (χ3n) is 3.10. The van der Waals surface area contributed by atoms with Gasteiger partial charge >= 0.3 is 0 Å². The molecule has 0 spiro atoms. The number of hydrogen-bond acceptors (Lipinski definition) is 2. The molecule has 104 valence electrons. The van der Waals surface area contributed by atoms with E-state index in [0.717, 1.165) is 8.95 Å². The molecule has 3 nitrogen and oxygen atoms in total. The molecular weight excluding hydrogens is 397 g/mol. The van der Waals surface area contributed by atoms with Gasteiger partial charge < -0.3 is 9.64 Å². The Bertz CT molecular complexity index is 484. The van der Waals surface area contributed by atoms with Crippen LogP contribution in [0.2, 0.25) is 0 Å². The largest absolute Gasteiger partial charge is 0.373 e. The van der Waals surface area contributed by atoms with E-state index in [0.29, 0.717) is 24.6 Å². The first kappa shape index (κ1) is 15.3. The number of rotatable bonds is 2. The summed E-state index contributed by atoms with van der Waals surface area (Å²) in [6, 6.07) is 5.61. The normalized spacial score (nSPS) is 23.5. The van der Waals surface area contributed by atoms with Crippen LogP contribution in [0.1, 0.15) is 17.3 Å². The predicted molar refractivity (Wildman–Crippen MR) is 82.8 cm³/mol. The van der Waals surface area contributed by atoms with Gasteiger partial charge in [-0.1, -0.05) is 15.9 Å². The minimum Gasteiger partial charge on any atom is -0.373 e. The molecule has 1 amide bonds. The Kier molecular flexibility index (Phi) is 5.29. The van der Waals surface area contributed by atoms with E-state index in [1.54, 1.807) is 0 Å². The molecule has 0 saturated carbocycles. The van der Waals surface area contributed by atoms with Gasteiger partial charge in [0.1, 0.15) is 0 Å². The van der Waals surface area contributed by atoms with Crippen molar-refractivity contribution in [3.63, 3.8) is 0 Å². The molecule has 1 saturated heterocycles. The number of nitrogens with zero attached hydrogens (tertiary/aromatic N) is 1. The molecule has 0 N–H and O–H groups in total. The number of alkyl halides is 1. The molecule has 1 aromatic rings. The lowest BCUT2D eigenvalue weighted by Gasteiger charge is -2.37. The molecule has 19 heavy (non-hydrogen) atoms. The van der Waals surface area contributed by atoms with E-state index in [9.17, 15) is 4.79 Å². The number of carbonyl (C=O) groups is 1. The van der Waals surface area contributed by atoms with E-state index < -0.39 is 0 Å². The van der Waals surface area contributed by atoms with Crippen molar-refractivity contribution in [3.05, 3.63) is 32.7 Å². The van der Waals surface area contributed by atoms with Gasteiger partial charge in [0.2, 0.25) is 0 Å². The van der Waals surface area contributed by atoms with Crippen molar-refractivity contribution in [1.82, 2.24) is 4.90 Å². The number of ether oxygens (including phenoxy) is 1. The molecule has 2 rings (SSSR count). The molecule has 0 aliphatic carbocycles. The number of morpholine rings is 1. The highest BCUT2D eigenvalue weighted by Crippen LogP contribution is 2.25. The SMILES string of the molecule is CC1COC(CCl)CN1C(=O)c1ccc(Br)cc1Br. The molecule has 0 aromatic heterocycles. The zero-order valence-electron chi connectivity index (χ0n) is 10.4. The van der Waals surface area contributed by atoms with Crippen molar-refractivity contribution in [3.8, 4) is 0 Å². The lowest BCUT2D eigenvalue weighted by atomic mass is 10.1. The topological polar surface area (TPSA) is 29.5 Å². The van der Waals surface area contributed by atoms with E-state index in [1.165, 1.54) is 0 Å². The second-order valence-corrected chi connectivity index (χ2v) is 6.62. The highest BCUT2D eigenvalue weighted by Gasteiger charge is 2.30. The van der Waals surface area contributed by atoms with Crippen molar-refractivity contribution >= 4 is 49.4 Å². The molecule has 1 fully saturated rings. The fourth-order valence-electron chi connectivity index (χ4n) is 2.01. The monoisotopic (exact) mass is 409 g/mol. The molecule has 1 aliphatic heterocycles. The molecule has 6 heteroatoms. The molecule has 2 atom stereocenters. The average Bonchev–Trinajstić information content (AvgIpc) is 2.38. The van der Waals surface area contributed by atoms with Crippen LogP contribution in [0.15, 0.2) is 27.1 Å². The Morgan fingerprint density at radius 1 is 1.53 bits per heavy atom. The maximum atomic E-state index is 12.6. The fraction of sp³-hybridized carbons (Fsp3) is 0.462. The summed E-state index contributed by atoms with van der Waals surface area (Å²) in [7, 11) is 0. The van der Waals surface area contributed by atoms with Crippen LogP contribution in [0, 0.1) is 0 Å². The van der Waals surface area contributed by atoms with Gasteiger partial charge in [-0.25, -0.2) is 0 Å². The van der Waals surface area contributed by atoms with Gasteiger partial charge in [-0.2, -0.15) is 0 Å². The summed E-state index contributed by atoms with van der Waals surface area (Å²) in [4.78, 5) is 14.4. The van der Waals surface area contributed by atoms with Gasteiger partial charge in [0.15, 0.2) is 0 Å². The molecule has 0 radical (unpaired) electrons. The van der Waals surface area contributed by atoms with Gasteiger partial charge in [0.25, 0.3) is 5.91 Å². The second kappa shape index (κ2) is 6.57. The first-order chi connectivity index (χ1) is 9.02. The van der Waals surface area contributed by atoms with Gasteiger partial charge in [0, 0.05) is 15.5 Å². The molecule has 2 unspecified atom stereocenters. The number of halogens is 3. The molecule has 1 aliphatic rings. The summed E-state index contributed by atoms with van der Waals surface area (Å²) >= 11 is 12.6. The maximum absolute atomic E-state index is 12.6. The Hall–Kier alpha value is -0.100. The Morgan fingerprint density at radius 3 is 2.89 bits per heavy atom. The lowest BCUT2D eigenvalue weighted by molar-refractivity contribution is -0.0372. The van der Waals surface area contributed by atoms with Crippen LogP contribution in [0.3, 0.4) is 0 Å². The van der Waals surface area contributed by atoms with Crippen LogP contribution in [-0.4, -0.2) is 42.0 Å². The number of amides is 1. The first-order valence-corrected chi connectivity index (χ1v) is 8.08. The van der Waals surface area contributed by atoms with Crippen LogP contribution in [0.5, 0.6) is 0 Å². The van der Waals surface area contributed by atoms with E-state index in [1.807, 2.05) is 30.0 Å². The van der Waals surface area contributed by atoms with E-state index in [-0.39, 0.29) is 18.1 Å². The molecular formula is C13H14Br2ClNO2. The van der Waals surface area contributed by atoms with Crippen molar-refractivity contribution < 1.29 is 9.53 Å². The van der Waals surface area contributed by atoms with Gasteiger partial charge in [0.05, 0.1) is 30.2 Å². The average molecular weight is 412 g/mol. The molecule has 1 heterocycles. The summed E-state index contributed by atoms with van der Waals surface area (Å²) in [6.07, 6.45) is -0.0870. The van der Waals surface area contributed by atoms with Crippen LogP contribution in [0.4, 0.5) is 0 Å². The predicted octanol–water partition coefficient (Wildman–Crippen LogP) is 3.68. The zero-order valence-corrected chi connectivity index (χ0v) is 14.3. The number of hydrogen-bond donors (Lipinski definition) is 0. The van der Waals surface area contributed by atoms with Crippen molar-refractivity contribution in [2.75, 3.05) is 19.0 Å². The van der Waals surface area contributed by atoms with Crippen LogP contribution >= 0.6 is 43.5 Å². The standard InChI is InChI=1S/C13H14Br2ClNO2/c1-8-7-19-10(5-16)6-17(8)13(18)11-3-2-9(14)4-12(11)15/h2-4,8,10H,5-7H2,1H3. The molecule has 1 aromatic carbocycles. The quantitative estimate of drug-likeness (QED) is 0.695. The van der Waals surface area contributed by atoms with E-state index >= 15 is 0 Å². The fourth-order valence-corrected chi connectivity index (χ4v) is 3.41. The summed E-state index contributed by atoms with van der Waals surface area (Å²) in [5.74, 6) is 0.406. The number of benzene rings is 1. The Balaban J connectivity index is 2.22. The summed E-state index contributed by atoms with van der Waals surface area (Å²) in [5, 5.41) is 0. The van der Waals surface area contributed by atoms with Gasteiger partial charge in [-0.05, 0) is 41.1 Å². The van der Waals surface area contributed by atoms with E-state index in [4.69, 9.17) is 16.3 Å². The Labute approximate surface area is 134 Å². The molecule has 0 bridgehead atoms. The minimum atomic E-state index is -0.0870. The van der Waals surface area contributed by atoms with Crippen molar-refractivity contribution in [2.45, 2.75) is 19.1 Å². The number of carbonyl (C=O) groups excluding carboxylic acids is 1. The van der Waals surface area contributed by atoms with E-state index in [2.05, 4.69) is 31.9 Å². The lowest BCUT2D eigenvalue weighted by Crippen LogP contribution is -2.51. The van der Waals surface area contributed by atoms with Crippen molar-refractivity contribution in [1.29, 1.82) is 0 Å². The third-order valence-corrected chi connectivity index (χ3v) is 4.59. The third kappa shape index (κ3) is 3.51. The summed E-state index contributed by atoms with van der Waals surface area (Å²) in [6.45, 7) is 3.04. The van der Waals surface area contributed by atoms with Gasteiger partial charge in [-0.3, -0.25) is 4.79 Å². The zero-order chi connectivity index (χ0) is 14.0. The van der Waals surface area contributed by atoms with Crippen LogP contribution < -0.4 is 0 Å². The van der Waals surface area contributed by atoms with Crippen LogP contribution in [0.25, 0.3) is 0 Å². The van der Waals surface area contributed by atoms with Crippen LogP contribution in [-0.2, 0) is 4.74 Å². The smallest absolute Gasteiger partial charge is 0.255 e. The summed E-state index contributed by atoms with van der Waals surface area (Å²) < 4.78 is 7.28. The minimum absolute atomic E-state index is 0.00490. The van der Waals surface area contributed by atoms with Crippen molar-refractivity contribution in [2.24, 2.45) is 0 Å².